The first kappa shape index (κ1) is 14.0. The molecule has 1 rings (SSSR count). The normalized spacial score (nSPS) is 13.8. The van der Waals surface area contributed by atoms with E-state index in [-0.39, 0.29) is 12.4 Å². The highest BCUT2D eigenvalue weighted by molar-refractivity contribution is 5.23. The molecule has 0 bridgehead atoms. The second kappa shape index (κ2) is 5.49. The van der Waals surface area contributed by atoms with Gasteiger partial charge in [-0.25, -0.2) is 4.39 Å². The molecule has 0 aromatic heterocycles. The van der Waals surface area contributed by atoms with Gasteiger partial charge < -0.3 is 5.32 Å². The maximum Gasteiger partial charge on any atom is 0.390 e. The van der Waals surface area contributed by atoms with Gasteiger partial charge in [-0.15, -0.1) is 0 Å². The highest BCUT2D eigenvalue weighted by atomic mass is 19.4. The SMILES string of the molecule is Cc1ccc(CNC(C)CC(F)(F)F)cc1F. The Morgan fingerprint density at radius 1 is 1.29 bits per heavy atom. The van der Waals surface area contributed by atoms with E-state index in [0.717, 1.165) is 0 Å². The Morgan fingerprint density at radius 2 is 1.94 bits per heavy atom. The van der Waals surface area contributed by atoms with E-state index in [4.69, 9.17) is 0 Å². The molecule has 1 unspecified atom stereocenters. The van der Waals surface area contributed by atoms with Crippen LogP contribution in [0.1, 0.15) is 24.5 Å². The van der Waals surface area contributed by atoms with Gasteiger partial charge in [0.05, 0.1) is 6.42 Å². The molecule has 0 saturated carbocycles. The first-order chi connectivity index (χ1) is 7.78. The van der Waals surface area contributed by atoms with Crippen LogP contribution in [0.2, 0.25) is 0 Å². The van der Waals surface area contributed by atoms with Gasteiger partial charge in [0.2, 0.25) is 0 Å². The molecule has 0 aliphatic rings. The summed E-state index contributed by atoms with van der Waals surface area (Å²) in [4.78, 5) is 0. The fraction of sp³-hybridized carbons (Fsp3) is 0.500. The van der Waals surface area contributed by atoms with Crippen LogP contribution in [-0.4, -0.2) is 12.2 Å². The average Bonchev–Trinajstić information content (AvgIpc) is 2.17. The highest BCUT2D eigenvalue weighted by Gasteiger charge is 2.29. The molecule has 1 atom stereocenters. The summed E-state index contributed by atoms with van der Waals surface area (Å²) in [6.45, 7) is 3.32. The van der Waals surface area contributed by atoms with Gasteiger partial charge in [-0.1, -0.05) is 12.1 Å². The van der Waals surface area contributed by atoms with Gasteiger partial charge in [-0.2, -0.15) is 13.2 Å². The van der Waals surface area contributed by atoms with Gasteiger partial charge in [-0.3, -0.25) is 0 Å². The minimum Gasteiger partial charge on any atom is -0.310 e. The van der Waals surface area contributed by atoms with Crippen LogP contribution in [0.15, 0.2) is 18.2 Å². The average molecular weight is 249 g/mol. The maximum atomic E-state index is 13.2. The van der Waals surface area contributed by atoms with E-state index in [1.807, 2.05) is 0 Å². The Morgan fingerprint density at radius 3 is 2.47 bits per heavy atom. The summed E-state index contributed by atoms with van der Waals surface area (Å²) in [6, 6.07) is 3.97. The molecule has 1 aromatic rings. The standard InChI is InChI=1S/C12H15F4N/c1-8-3-4-10(5-11(8)13)7-17-9(2)6-12(14,15)16/h3-5,9,17H,6-7H2,1-2H3. The van der Waals surface area contributed by atoms with E-state index in [1.165, 1.54) is 13.0 Å². The summed E-state index contributed by atoms with van der Waals surface area (Å²) >= 11 is 0. The Balaban J connectivity index is 2.47. The molecular formula is C12H15F4N. The lowest BCUT2D eigenvalue weighted by Crippen LogP contribution is -2.30. The van der Waals surface area contributed by atoms with E-state index in [0.29, 0.717) is 11.1 Å². The van der Waals surface area contributed by atoms with Gasteiger partial charge >= 0.3 is 6.18 Å². The molecule has 0 aliphatic heterocycles. The third kappa shape index (κ3) is 5.17. The molecule has 96 valence electrons. The molecule has 0 amide bonds. The predicted molar refractivity (Wildman–Crippen MR) is 58.1 cm³/mol. The van der Waals surface area contributed by atoms with E-state index in [1.54, 1.807) is 19.1 Å². The molecule has 0 spiro atoms. The summed E-state index contributed by atoms with van der Waals surface area (Å²) in [5, 5.41) is 2.72. The molecule has 0 radical (unpaired) electrons. The van der Waals surface area contributed by atoms with Crippen molar-refractivity contribution in [3.63, 3.8) is 0 Å². The zero-order valence-corrected chi connectivity index (χ0v) is 9.74. The Hall–Kier alpha value is -1.10. The van der Waals surface area contributed by atoms with Crippen molar-refractivity contribution in [2.75, 3.05) is 0 Å². The van der Waals surface area contributed by atoms with Crippen molar-refractivity contribution in [3.8, 4) is 0 Å². The first-order valence-corrected chi connectivity index (χ1v) is 5.33. The van der Waals surface area contributed by atoms with Gasteiger partial charge in [0.15, 0.2) is 0 Å². The highest BCUT2D eigenvalue weighted by Crippen LogP contribution is 2.21. The van der Waals surface area contributed by atoms with Crippen molar-refractivity contribution in [2.24, 2.45) is 0 Å². The number of nitrogens with one attached hydrogen (secondary N) is 1. The lowest BCUT2D eigenvalue weighted by atomic mass is 10.1. The predicted octanol–water partition coefficient (Wildman–Crippen LogP) is 3.56. The van der Waals surface area contributed by atoms with Crippen molar-refractivity contribution in [1.82, 2.24) is 5.32 Å². The molecule has 1 nitrogen and oxygen atoms in total. The summed E-state index contributed by atoms with van der Waals surface area (Å²) in [5.74, 6) is -0.340. The molecule has 1 aromatic carbocycles. The van der Waals surface area contributed by atoms with Gasteiger partial charge in [0.25, 0.3) is 0 Å². The Bertz CT molecular complexity index is 373. The zero-order valence-electron chi connectivity index (χ0n) is 9.74. The number of benzene rings is 1. The van der Waals surface area contributed by atoms with Crippen LogP contribution in [-0.2, 0) is 6.54 Å². The van der Waals surface area contributed by atoms with Gasteiger partial charge in [0.1, 0.15) is 5.82 Å². The summed E-state index contributed by atoms with van der Waals surface area (Å²) in [6.07, 6.45) is -5.06. The zero-order chi connectivity index (χ0) is 13.1. The minimum absolute atomic E-state index is 0.231. The third-order valence-corrected chi connectivity index (χ3v) is 2.43. The minimum atomic E-state index is -4.18. The molecule has 0 aliphatic carbocycles. The summed E-state index contributed by atoms with van der Waals surface area (Å²) in [5.41, 5.74) is 1.17. The second-order valence-corrected chi connectivity index (χ2v) is 4.18. The maximum absolute atomic E-state index is 13.2. The van der Waals surface area contributed by atoms with Crippen LogP contribution < -0.4 is 5.32 Å². The number of hydrogen-bond acceptors (Lipinski definition) is 1. The number of aryl methyl sites for hydroxylation is 1. The fourth-order valence-electron chi connectivity index (χ4n) is 1.46. The van der Waals surface area contributed by atoms with E-state index in [2.05, 4.69) is 5.32 Å². The van der Waals surface area contributed by atoms with E-state index >= 15 is 0 Å². The Labute approximate surface area is 97.8 Å². The van der Waals surface area contributed by atoms with Gasteiger partial charge in [-0.05, 0) is 31.0 Å². The van der Waals surface area contributed by atoms with E-state index in [9.17, 15) is 17.6 Å². The lowest BCUT2D eigenvalue weighted by molar-refractivity contribution is -0.139. The number of alkyl halides is 3. The molecule has 5 heteroatoms. The fourth-order valence-corrected chi connectivity index (χ4v) is 1.46. The largest absolute Gasteiger partial charge is 0.390 e. The molecular weight excluding hydrogens is 234 g/mol. The quantitative estimate of drug-likeness (QED) is 0.804. The third-order valence-electron chi connectivity index (χ3n) is 2.43. The van der Waals surface area contributed by atoms with Crippen molar-refractivity contribution in [2.45, 2.75) is 39.0 Å². The van der Waals surface area contributed by atoms with Crippen LogP contribution in [0.4, 0.5) is 17.6 Å². The van der Waals surface area contributed by atoms with Crippen LogP contribution >= 0.6 is 0 Å². The first-order valence-electron chi connectivity index (χ1n) is 5.33. The van der Waals surface area contributed by atoms with Crippen molar-refractivity contribution < 1.29 is 17.6 Å². The van der Waals surface area contributed by atoms with Crippen LogP contribution in [0.25, 0.3) is 0 Å². The molecule has 1 N–H and O–H groups in total. The number of halogens is 4. The number of rotatable bonds is 4. The summed E-state index contributed by atoms with van der Waals surface area (Å²) in [7, 11) is 0. The van der Waals surface area contributed by atoms with Crippen LogP contribution in [0.5, 0.6) is 0 Å². The number of hydrogen-bond donors (Lipinski definition) is 1. The van der Waals surface area contributed by atoms with Crippen LogP contribution in [0, 0.1) is 12.7 Å². The van der Waals surface area contributed by atoms with Gasteiger partial charge in [0, 0.05) is 12.6 Å². The van der Waals surface area contributed by atoms with Crippen molar-refractivity contribution in [3.05, 3.63) is 35.1 Å². The second-order valence-electron chi connectivity index (χ2n) is 4.18. The topological polar surface area (TPSA) is 12.0 Å². The molecule has 17 heavy (non-hydrogen) atoms. The van der Waals surface area contributed by atoms with Crippen LogP contribution in [0.3, 0.4) is 0 Å². The van der Waals surface area contributed by atoms with Crippen molar-refractivity contribution >= 4 is 0 Å². The van der Waals surface area contributed by atoms with E-state index < -0.39 is 18.6 Å². The molecule has 0 fully saturated rings. The monoisotopic (exact) mass is 249 g/mol. The lowest BCUT2D eigenvalue weighted by Gasteiger charge is -2.15. The summed E-state index contributed by atoms with van der Waals surface area (Å²) < 4.78 is 49.3. The smallest absolute Gasteiger partial charge is 0.310 e. The van der Waals surface area contributed by atoms with Crippen molar-refractivity contribution in [1.29, 1.82) is 0 Å². The Kier molecular flexibility index (Phi) is 4.51. The molecule has 0 heterocycles. The molecule has 0 saturated heterocycles.